The van der Waals surface area contributed by atoms with Gasteiger partial charge in [0.2, 0.25) is 10.0 Å². The SMILES string of the molecule is CCCCCN(C)S(=O)(=O)c1c[nH]c(C(=O)O)c1. The zero-order chi connectivity index (χ0) is 13.8. The van der Waals surface area contributed by atoms with E-state index < -0.39 is 16.0 Å². The lowest BCUT2D eigenvalue weighted by Crippen LogP contribution is -2.27. The van der Waals surface area contributed by atoms with Crippen molar-refractivity contribution in [1.82, 2.24) is 9.29 Å². The summed E-state index contributed by atoms with van der Waals surface area (Å²) in [5, 5.41) is 8.74. The fraction of sp³-hybridized carbons (Fsp3) is 0.545. The number of unbranched alkanes of at least 4 members (excludes halogenated alkanes) is 2. The number of aromatic nitrogens is 1. The summed E-state index contributed by atoms with van der Waals surface area (Å²) in [6.45, 7) is 2.48. The van der Waals surface area contributed by atoms with Crippen molar-refractivity contribution in [1.29, 1.82) is 0 Å². The van der Waals surface area contributed by atoms with Crippen LogP contribution in [0.4, 0.5) is 0 Å². The first-order valence-corrected chi connectivity index (χ1v) is 7.21. The Balaban J connectivity index is 2.81. The van der Waals surface area contributed by atoms with Crippen LogP contribution in [-0.4, -0.2) is 42.4 Å². The minimum absolute atomic E-state index is 0.0149. The molecule has 7 heteroatoms. The standard InChI is InChI=1S/C11H18N2O4S/c1-3-4-5-6-13(2)18(16,17)9-7-10(11(14)15)12-8-9/h7-8,12H,3-6H2,1-2H3,(H,14,15). The van der Waals surface area contributed by atoms with E-state index in [1.165, 1.54) is 17.5 Å². The molecule has 18 heavy (non-hydrogen) atoms. The average molecular weight is 274 g/mol. The Morgan fingerprint density at radius 3 is 2.61 bits per heavy atom. The zero-order valence-electron chi connectivity index (χ0n) is 10.5. The summed E-state index contributed by atoms with van der Waals surface area (Å²) in [5.74, 6) is -1.18. The fourth-order valence-corrected chi connectivity index (χ4v) is 2.74. The second-order valence-corrected chi connectivity index (χ2v) is 6.13. The van der Waals surface area contributed by atoms with Gasteiger partial charge in [0.05, 0.1) is 0 Å². The van der Waals surface area contributed by atoms with Gasteiger partial charge in [0.25, 0.3) is 0 Å². The van der Waals surface area contributed by atoms with Crippen molar-refractivity contribution in [3.8, 4) is 0 Å². The molecule has 0 unspecified atom stereocenters. The largest absolute Gasteiger partial charge is 0.477 e. The minimum atomic E-state index is -3.59. The molecule has 0 aromatic carbocycles. The van der Waals surface area contributed by atoms with Gasteiger partial charge in [0.1, 0.15) is 10.6 Å². The molecule has 0 saturated carbocycles. The van der Waals surface area contributed by atoms with Crippen LogP contribution in [0.2, 0.25) is 0 Å². The van der Waals surface area contributed by atoms with Crippen LogP contribution in [0.25, 0.3) is 0 Å². The van der Waals surface area contributed by atoms with Crippen molar-refractivity contribution >= 4 is 16.0 Å². The summed E-state index contributed by atoms with van der Waals surface area (Å²) in [7, 11) is -2.09. The average Bonchev–Trinajstić information content (AvgIpc) is 2.79. The predicted molar refractivity (Wildman–Crippen MR) is 67.1 cm³/mol. The van der Waals surface area contributed by atoms with E-state index in [1.54, 1.807) is 0 Å². The fourth-order valence-electron chi connectivity index (χ4n) is 1.53. The maximum atomic E-state index is 12.1. The number of nitrogens with zero attached hydrogens (tertiary/aromatic N) is 1. The lowest BCUT2D eigenvalue weighted by Gasteiger charge is -2.15. The Bertz CT molecular complexity index is 507. The third-order valence-electron chi connectivity index (χ3n) is 2.67. The second-order valence-electron chi connectivity index (χ2n) is 4.09. The van der Waals surface area contributed by atoms with Crippen LogP contribution in [0.1, 0.15) is 36.7 Å². The molecule has 0 saturated heterocycles. The van der Waals surface area contributed by atoms with Gasteiger partial charge in [-0.1, -0.05) is 19.8 Å². The van der Waals surface area contributed by atoms with Crippen molar-refractivity contribution < 1.29 is 18.3 Å². The summed E-state index contributed by atoms with van der Waals surface area (Å²) in [6.07, 6.45) is 3.98. The maximum absolute atomic E-state index is 12.1. The molecule has 0 spiro atoms. The molecule has 0 radical (unpaired) electrons. The molecule has 1 rings (SSSR count). The summed E-state index contributed by atoms with van der Waals surface area (Å²) in [4.78, 5) is 13.1. The number of hydrogen-bond acceptors (Lipinski definition) is 3. The first-order chi connectivity index (χ1) is 8.39. The van der Waals surface area contributed by atoms with E-state index in [0.717, 1.165) is 25.3 Å². The number of aromatic amines is 1. The number of H-pyrrole nitrogens is 1. The molecule has 0 aliphatic heterocycles. The number of carboxylic acid groups (broad SMARTS) is 1. The molecule has 6 nitrogen and oxygen atoms in total. The van der Waals surface area contributed by atoms with E-state index in [9.17, 15) is 13.2 Å². The summed E-state index contributed by atoms with van der Waals surface area (Å²) in [5.41, 5.74) is -0.129. The molecule has 0 aliphatic rings. The monoisotopic (exact) mass is 274 g/mol. The van der Waals surface area contributed by atoms with E-state index in [-0.39, 0.29) is 10.6 Å². The van der Waals surface area contributed by atoms with E-state index in [4.69, 9.17) is 5.11 Å². The van der Waals surface area contributed by atoms with E-state index in [2.05, 4.69) is 4.98 Å². The number of rotatable bonds is 7. The number of hydrogen-bond donors (Lipinski definition) is 2. The molecule has 1 heterocycles. The van der Waals surface area contributed by atoms with Crippen molar-refractivity contribution in [3.63, 3.8) is 0 Å². The Morgan fingerprint density at radius 2 is 2.11 bits per heavy atom. The van der Waals surface area contributed by atoms with Crippen molar-refractivity contribution in [2.45, 2.75) is 31.1 Å². The van der Waals surface area contributed by atoms with Crippen LogP contribution in [0.15, 0.2) is 17.2 Å². The second kappa shape index (κ2) is 6.01. The summed E-state index contributed by atoms with van der Waals surface area (Å²) >= 11 is 0. The minimum Gasteiger partial charge on any atom is -0.477 e. The molecule has 2 N–H and O–H groups in total. The van der Waals surface area contributed by atoms with Crippen LogP contribution in [0.3, 0.4) is 0 Å². The first-order valence-electron chi connectivity index (χ1n) is 5.77. The number of aromatic carboxylic acids is 1. The quantitative estimate of drug-likeness (QED) is 0.738. The van der Waals surface area contributed by atoms with Gasteiger partial charge in [-0.3, -0.25) is 0 Å². The maximum Gasteiger partial charge on any atom is 0.352 e. The molecule has 0 bridgehead atoms. The van der Waals surface area contributed by atoms with Gasteiger partial charge in [-0.15, -0.1) is 0 Å². The summed E-state index contributed by atoms with van der Waals surface area (Å²) < 4.78 is 25.4. The van der Waals surface area contributed by atoms with Crippen LogP contribution >= 0.6 is 0 Å². The molecule has 0 atom stereocenters. The number of carboxylic acids is 1. The van der Waals surface area contributed by atoms with Crippen LogP contribution in [0, 0.1) is 0 Å². The third kappa shape index (κ3) is 3.33. The predicted octanol–water partition coefficient (Wildman–Crippen LogP) is 1.52. The van der Waals surface area contributed by atoms with Gasteiger partial charge in [0, 0.05) is 19.8 Å². The van der Waals surface area contributed by atoms with E-state index in [1.807, 2.05) is 6.92 Å². The van der Waals surface area contributed by atoms with Crippen molar-refractivity contribution in [2.75, 3.05) is 13.6 Å². The first kappa shape index (κ1) is 14.7. The molecule has 0 fully saturated rings. The van der Waals surface area contributed by atoms with Crippen molar-refractivity contribution in [2.24, 2.45) is 0 Å². The molecular weight excluding hydrogens is 256 g/mol. The van der Waals surface area contributed by atoms with E-state index in [0.29, 0.717) is 6.54 Å². The third-order valence-corrected chi connectivity index (χ3v) is 4.51. The van der Waals surface area contributed by atoms with Gasteiger partial charge in [-0.05, 0) is 12.5 Å². The Labute approximate surface area is 107 Å². The van der Waals surface area contributed by atoms with Crippen molar-refractivity contribution in [3.05, 3.63) is 18.0 Å². The number of sulfonamides is 1. The molecule has 1 aromatic heterocycles. The lowest BCUT2D eigenvalue weighted by atomic mass is 10.2. The van der Waals surface area contributed by atoms with Gasteiger partial charge in [0.15, 0.2) is 0 Å². The van der Waals surface area contributed by atoms with Gasteiger partial charge >= 0.3 is 5.97 Å². The number of nitrogens with one attached hydrogen (secondary N) is 1. The molecule has 0 aliphatic carbocycles. The Morgan fingerprint density at radius 1 is 1.44 bits per heavy atom. The van der Waals surface area contributed by atoms with E-state index >= 15 is 0 Å². The molecular formula is C11H18N2O4S. The van der Waals surface area contributed by atoms with Gasteiger partial charge in [-0.25, -0.2) is 17.5 Å². The highest BCUT2D eigenvalue weighted by atomic mass is 32.2. The molecule has 102 valence electrons. The zero-order valence-corrected chi connectivity index (χ0v) is 11.3. The summed E-state index contributed by atoms with van der Waals surface area (Å²) in [6, 6.07) is 1.13. The highest BCUT2D eigenvalue weighted by Gasteiger charge is 2.22. The smallest absolute Gasteiger partial charge is 0.352 e. The Kier molecular flexibility index (Phi) is 4.92. The molecule has 0 amide bonds. The lowest BCUT2D eigenvalue weighted by molar-refractivity contribution is 0.0691. The Hall–Kier alpha value is -1.34. The van der Waals surface area contributed by atoms with Gasteiger partial charge in [-0.2, -0.15) is 0 Å². The van der Waals surface area contributed by atoms with Crippen LogP contribution in [0.5, 0.6) is 0 Å². The van der Waals surface area contributed by atoms with Crippen LogP contribution in [-0.2, 0) is 10.0 Å². The highest BCUT2D eigenvalue weighted by molar-refractivity contribution is 7.89. The van der Waals surface area contributed by atoms with Crippen LogP contribution < -0.4 is 0 Å². The topological polar surface area (TPSA) is 90.5 Å². The highest BCUT2D eigenvalue weighted by Crippen LogP contribution is 2.16. The number of carbonyl (C=O) groups is 1. The normalized spacial score (nSPS) is 11.9. The molecule has 1 aromatic rings. The van der Waals surface area contributed by atoms with Gasteiger partial charge < -0.3 is 10.1 Å².